The molecule has 0 unspecified atom stereocenters. The van der Waals surface area contributed by atoms with E-state index >= 15 is 0 Å². The molecule has 1 amide bonds. The van der Waals surface area contributed by atoms with Crippen LogP contribution in [-0.2, 0) is 6.54 Å². The standard InChI is InChI=1S/C20H21ClN4O2S.ClH/c1-13-12-28-17(22-13)11-24-7-9-25(10-8-24)20(26)18-14(2)27-23-19(18)15-5-3-4-6-16(15)21;/h3-6,12H,7-11H2,1-2H3;1H. The van der Waals surface area contributed by atoms with E-state index < -0.39 is 0 Å². The van der Waals surface area contributed by atoms with Crippen LogP contribution in [-0.4, -0.2) is 52.0 Å². The number of benzene rings is 1. The highest BCUT2D eigenvalue weighted by Gasteiger charge is 2.29. The first-order valence-electron chi connectivity index (χ1n) is 9.16. The second-order valence-electron chi connectivity index (χ2n) is 6.89. The number of aromatic nitrogens is 2. The van der Waals surface area contributed by atoms with E-state index in [1.54, 1.807) is 24.3 Å². The van der Waals surface area contributed by atoms with Gasteiger partial charge < -0.3 is 9.42 Å². The minimum atomic E-state index is -0.0570. The summed E-state index contributed by atoms with van der Waals surface area (Å²) in [5.41, 5.74) is 2.77. The number of hydrogen-bond donors (Lipinski definition) is 0. The van der Waals surface area contributed by atoms with E-state index in [1.165, 1.54) is 0 Å². The first kappa shape index (κ1) is 21.8. The third-order valence-corrected chi connectivity index (χ3v) is 6.17. The van der Waals surface area contributed by atoms with Crippen molar-refractivity contribution in [2.75, 3.05) is 26.2 Å². The molecule has 29 heavy (non-hydrogen) atoms. The monoisotopic (exact) mass is 452 g/mol. The minimum Gasteiger partial charge on any atom is -0.360 e. The zero-order chi connectivity index (χ0) is 19.7. The van der Waals surface area contributed by atoms with Crippen LogP contribution in [0.3, 0.4) is 0 Å². The first-order valence-corrected chi connectivity index (χ1v) is 10.4. The molecule has 1 aliphatic heterocycles. The lowest BCUT2D eigenvalue weighted by atomic mass is 10.0. The summed E-state index contributed by atoms with van der Waals surface area (Å²) in [7, 11) is 0. The van der Waals surface area contributed by atoms with Gasteiger partial charge >= 0.3 is 0 Å². The summed E-state index contributed by atoms with van der Waals surface area (Å²) in [4.78, 5) is 21.9. The van der Waals surface area contributed by atoms with E-state index in [0.29, 0.717) is 40.7 Å². The molecule has 0 spiro atoms. The smallest absolute Gasteiger partial charge is 0.259 e. The summed E-state index contributed by atoms with van der Waals surface area (Å²) in [5.74, 6) is 0.457. The van der Waals surface area contributed by atoms with Crippen LogP contribution in [0.1, 0.15) is 26.8 Å². The predicted molar refractivity (Wildman–Crippen MR) is 117 cm³/mol. The lowest BCUT2D eigenvalue weighted by Crippen LogP contribution is -2.48. The number of hydrogen-bond acceptors (Lipinski definition) is 6. The van der Waals surface area contributed by atoms with Crippen LogP contribution < -0.4 is 0 Å². The van der Waals surface area contributed by atoms with Crippen LogP contribution in [0, 0.1) is 13.8 Å². The maximum atomic E-state index is 13.2. The summed E-state index contributed by atoms with van der Waals surface area (Å²) in [5, 5.41) is 7.85. The quantitative estimate of drug-likeness (QED) is 0.584. The predicted octanol–water partition coefficient (Wildman–Crippen LogP) is 4.45. The summed E-state index contributed by atoms with van der Waals surface area (Å²) in [6, 6.07) is 7.36. The second-order valence-corrected chi connectivity index (χ2v) is 8.24. The molecule has 154 valence electrons. The van der Waals surface area contributed by atoms with Crippen molar-refractivity contribution in [3.8, 4) is 11.3 Å². The van der Waals surface area contributed by atoms with E-state index in [9.17, 15) is 4.79 Å². The maximum Gasteiger partial charge on any atom is 0.259 e. The number of nitrogens with zero attached hydrogens (tertiary/aromatic N) is 4. The van der Waals surface area contributed by atoms with Gasteiger partial charge in [0.2, 0.25) is 0 Å². The first-order chi connectivity index (χ1) is 13.5. The van der Waals surface area contributed by atoms with Crippen molar-refractivity contribution in [3.63, 3.8) is 0 Å². The van der Waals surface area contributed by atoms with Gasteiger partial charge in [0.1, 0.15) is 22.0 Å². The fourth-order valence-corrected chi connectivity index (χ4v) is 4.43. The van der Waals surface area contributed by atoms with E-state index in [-0.39, 0.29) is 18.3 Å². The highest BCUT2D eigenvalue weighted by atomic mass is 35.5. The van der Waals surface area contributed by atoms with Crippen molar-refractivity contribution in [2.45, 2.75) is 20.4 Å². The van der Waals surface area contributed by atoms with Crippen LogP contribution in [0.25, 0.3) is 11.3 Å². The molecule has 4 rings (SSSR count). The highest BCUT2D eigenvalue weighted by molar-refractivity contribution is 7.09. The Morgan fingerprint density at radius 2 is 1.93 bits per heavy atom. The zero-order valence-electron chi connectivity index (χ0n) is 16.2. The SMILES string of the molecule is Cc1csc(CN2CCN(C(=O)c3c(-c4ccccc4Cl)noc3C)CC2)n1.Cl. The van der Waals surface area contributed by atoms with Crippen molar-refractivity contribution < 1.29 is 9.32 Å². The van der Waals surface area contributed by atoms with Gasteiger partial charge in [-0.15, -0.1) is 23.7 Å². The van der Waals surface area contributed by atoms with Gasteiger partial charge in [-0.1, -0.05) is 35.0 Å². The number of carbonyl (C=O) groups is 1. The molecule has 0 radical (unpaired) electrons. The maximum absolute atomic E-state index is 13.2. The van der Waals surface area contributed by atoms with E-state index in [2.05, 4.69) is 20.4 Å². The molecule has 3 heterocycles. The summed E-state index contributed by atoms with van der Waals surface area (Å²) in [6.07, 6.45) is 0. The molecule has 1 fully saturated rings. The van der Waals surface area contributed by atoms with Gasteiger partial charge in [0.05, 0.1) is 11.6 Å². The summed E-state index contributed by atoms with van der Waals surface area (Å²) >= 11 is 7.99. The number of piperazine rings is 1. The Hall–Kier alpha value is -1.93. The van der Waals surface area contributed by atoms with Crippen molar-refractivity contribution in [2.24, 2.45) is 0 Å². The number of aryl methyl sites for hydroxylation is 2. The Bertz CT molecular complexity index is 996. The van der Waals surface area contributed by atoms with Crippen LogP contribution in [0.4, 0.5) is 0 Å². The normalized spacial score (nSPS) is 14.7. The molecular weight excluding hydrogens is 431 g/mol. The molecule has 0 atom stereocenters. The van der Waals surface area contributed by atoms with Gasteiger partial charge in [0, 0.05) is 42.8 Å². The summed E-state index contributed by atoms with van der Waals surface area (Å²) in [6.45, 7) is 7.56. The lowest BCUT2D eigenvalue weighted by molar-refractivity contribution is 0.0627. The van der Waals surface area contributed by atoms with Crippen molar-refractivity contribution in [1.29, 1.82) is 0 Å². The average molecular weight is 453 g/mol. The van der Waals surface area contributed by atoms with Gasteiger partial charge in [-0.25, -0.2) is 4.98 Å². The lowest BCUT2D eigenvalue weighted by Gasteiger charge is -2.34. The van der Waals surface area contributed by atoms with Gasteiger partial charge in [-0.05, 0) is 19.9 Å². The molecule has 9 heteroatoms. The van der Waals surface area contributed by atoms with Crippen LogP contribution in [0.15, 0.2) is 34.2 Å². The zero-order valence-corrected chi connectivity index (χ0v) is 18.6. The highest BCUT2D eigenvalue weighted by Crippen LogP contribution is 2.32. The molecule has 2 aromatic heterocycles. The number of amides is 1. The molecule has 1 aliphatic rings. The third-order valence-electron chi connectivity index (χ3n) is 4.89. The fourth-order valence-electron chi connectivity index (χ4n) is 3.39. The number of carbonyl (C=O) groups excluding carboxylic acids is 1. The van der Waals surface area contributed by atoms with Gasteiger partial charge in [0.15, 0.2) is 0 Å². The molecule has 0 saturated carbocycles. The Labute approximate surface area is 184 Å². The molecule has 0 bridgehead atoms. The molecule has 0 aliphatic carbocycles. The molecule has 3 aromatic rings. The summed E-state index contributed by atoms with van der Waals surface area (Å²) < 4.78 is 5.35. The Morgan fingerprint density at radius 1 is 1.21 bits per heavy atom. The van der Waals surface area contributed by atoms with Crippen molar-refractivity contribution in [3.05, 3.63) is 56.7 Å². The van der Waals surface area contributed by atoms with Crippen LogP contribution >= 0.6 is 35.3 Å². The van der Waals surface area contributed by atoms with Crippen LogP contribution in [0.5, 0.6) is 0 Å². The Balaban J connectivity index is 0.00000240. The second kappa shape index (κ2) is 9.26. The van der Waals surface area contributed by atoms with E-state index in [4.69, 9.17) is 16.1 Å². The van der Waals surface area contributed by atoms with E-state index in [0.717, 1.165) is 30.3 Å². The van der Waals surface area contributed by atoms with Gasteiger partial charge in [0.25, 0.3) is 5.91 Å². The minimum absolute atomic E-state index is 0. The molecule has 0 N–H and O–H groups in total. The Morgan fingerprint density at radius 3 is 2.59 bits per heavy atom. The number of halogens is 2. The largest absolute Gasteiger partial charge is 0.360 e. The number of thiazole rings is 1. The van der Waals surface area contributed by atoms with Gasteiger partial charge in [-0.3, -0.25) is 9.69 Å². The molecular formula is C20H22Cl2N4O2S. The number of rotatable bonds is 4. The topological polar surface area (TPSA) is 62.5 Å². The third kappa shape index (κ3) is 4.64. The van der Waals surface area contributed by atoms with Gasteiger partial charge in [-0.2, -0.15) is 0 Å². The van der Waals surface area contributed by atoms with Crippen molar-refractivity contribution >= 4 is 41.3 Å². The van der Waals surface area contributed by atoms with Crippen molar-refractivity contribution in [1.82, 2.24) is 19.9 Å². The average Bonchev–Trinajstić information content (AvgIpc) is 3.27. The molecule has 6 nitrogen and oxygen atoms in total. The molecule has 1 saturated heterocycles. The van der Waals surface area contributed by atoms with Crippen LogP contribution in [0.2, 0.25) is 5.02 Å². The fraction of sp³-hybridized carbons (Fsp3) is 0.350. The molecule has 1 aromatic carbocycles. The van der Waals surface area contributed by atoms with E-state index in [1.807, 2.05) is 30.0 Å². The Kier molecular flexibility index (Phi) is 6.95.